The van der Waals surface area contributed by atoms with Crippen LogP contribution in [-0.2, 0) is 40.3 Å². The topological polar surface area (TPSA) is 136 Å². The van der Waals surface area contributed by atoms with E-state index in [2.05, 4.69) is 20.8 Å². The summed E-state index contributed by atoms with van der Waals surface area (Å²) >= 11 is 0. The third kappa shape index (κ3) is 7.01. The monoisotopic (exact) mass is 437 g/mol. The number of carbonyl (C=O) groups is 3. The molecule has 0 spiro atoms. The van der Waals surface area contributed by atoms with Gasteiger partial charge in [0.05, 0.1) is 6.42 Å². The van der Waals surface area contributed by atoms with Gasteiger partial charge in [-0.2, -0.15) is 0 Å². The third-order valence-electron chi connectivity index (χ3n) is 4.66. The number of benzene rings is 2. The molecule has 2 N–H and O–H groups in total. The van der Waals surface area contributed by atoms with Gasteiger partial charge in [-0.15, -0.1) is 5.10 Å². The van der Waals surface area contributed by atoms with Crippen molar-refractivity contribution in [1.82, 2.24) is 25.5 Å². The minimum absolute atomic E-state index is 0.00269. The molecule has 1 heterocycles. The first-order valence-corrected chi connectivity index (χ1v) is 10.0. The van der Waals surface area contributed by atoms with Gasteiger partial charge in [0.1, 0.15) is 19.2 Å². The van der Waals surface area contributed by atoms with Gasteiger partial charge in [0, 0.05) is 6.42 Å². The fraction of sp³-hybridized carbons (Fsp3) is 0.273. The van der Waals surface area contributed by atoms with E-state index in [0.717, 1.165) is 11.1 Å². The largest absolute Gasteiger partial charge is 0.481 e. The van der Waals surface area contributed by atoms with Gasteiger partial charge in [-0.25, -0.2) is 9.48 Å². The molecular weight excluding hydrogens is 414 g/mol. The minimum atomic E-state index is -1.28. The molecule has 0 aliphatic heterocycles. The highest BCUT2D eigenvalue weighted by Gasteiger charge is 2.25. The average Bonchev–Trinajstić information content (AvgIpc) is 3.24. The van der Waals surface area contributed by atoms with Crippen molar-refractivity contribution in [3.05, 3.63) is 77.6 Å². The van der Waals surface area contributed by atoms with Crippen molar-refractivity contribution >= 4 is 17.8 Å². The molecule has 2 aromatic carbocycles. The molecule has 0 bridgehead atoms. The lowest BCUT2D eigenvalue weighted by Crippen LogP contribution is -2.44. The maximum atomic E-state index is 12.7. The molecule has 0 aliphatic rings. The number of aryl methyl sites for hydroxylation is 2. The Labute approximate surface area is 184 Å². The lowest BCUT2D eigenvalue weighted by atomic mass is 10.1. The van der Waals surface area contributed by atoms with Crippen LogP contribution >= 0.6 is 0 Å². The second-order valence-corrected chi connectivity index (χ2v) is 7.06. The summed E-state index contributed by atoms with van der Waals surface area (Å²) in [4.78, 5) is 36.1. The number of hydrogen-bond donors (Lipinski definition) is 2. The highest BCUT2D eigenvalue weighted by atomic mass is 16.5. The van der Waals surface area contributed by atoms with E-state index in [9.17, 15) is 14.4 Å². The number of aromatic nitrogens is 4. The number of tetrazole rings is 1. The molecule has 0 aliphatic carbocycles. The number of rotatable bonds is 11. The summed E-state index contributed by atoms with van der Waals surface area (Å²) in [5, 5.41) is 22.9. The number of ketones is 1. The second-order valence-electron chi connectivity index (χ2n) is 7.06. The highest BCUT2D eigenvalue weighted by Crippen LogP contribution is 2.06. The first kappa shape index (κ1) is 22.6. The van der Waals surface area contributed by atoms with Crippen LogP contribution in [0.1, 0.15) is 23.4 Å². The van der Waals surface area contributed by atoms with Crippen LogP contribution in [0.5, 0.6) is 0 Å². The molecule has 3 rings (SSSR count). The first-order valence-electron chi connectivity index (χ1n) is 10.0. The summed E-state index contributed by atoms with van der Waals surface area (Å²) in [6, 6.07) is 17.5. The number of carbonyl (C=O) groups excluding carboxylic acids is 2. The van der Waals surface area contributed by atoms with Gasteiger partial charge in [0.25, 0.3) is 0 Å². The van der Waals surface area contributed by atoms with Crippen molar-refractivity contribution in [1.29, 1.82) is 0 Å². The molecule has 3 aromatic rings. The number of nitrogens with one attached hydrogen (secondary N) is 1. The molecule has 10 heteroatoms. The van der Waals surface area contributed by atoms with Crippen LogP contribution in [-0.4, -0.2) is 49.2 Å². The van der Waals surface area contributed by atoms with Crippen molar-refractivity contribution in [2.24, 2.45) is 0 Å². The fourth-order valence-electron chi connectivity index (χ4n) is 3.01. The van der Waals surface area contributed by atoms with E-state index in [1.165, 1.54) is 4.68 Å². The smallest absolute Gasteiger partial charge is 0.408 e. The van der Waals surface area contributed by atoms with Gasteiger partial charge in [0.15, 0.2) is 11.6 Å². The molecule has 0 radical (unpaired) electrons. The second kappa shape index (κ2) is 11.3. The van der Waals surface area contributed by atoms with E-state index in [-0.39, 0.29) is 13.2 Å². The summed E-state index contributed by atoms with van der Waals surface area (Å²) in [6.45, 7) is -0.272. The quantitative estimate of drug-likeness (QED) is 0.463. The number of nitrogens with zero attached hydrogens (tertiary/aromatic N) is 4. The Morgan fingerprint density at radius 1 is 0.969 bits per heavy atom. The van der Waals surface area contributed by atoms with E-state index in [0.29, 0.717) is 18.7 Å². The molecule has 0 fully saturated rings. The predicted octanol–water partition coefficient (Wildman–Crippen LogP) is 1.80. The molecule has 10 nitrogen and oxygen atoms in total. The van der Waals surface area contributed by atoms with Gasteiger partial charge < -0.3 is 15.2 Å². The van der Waals surface area contributed by atoms with E-state index in [1.807, 2.05) is 36.4 Å². The Hall–Kier alpha value is -4.08. The number of amides is 1. The first-order chi connectivity index (χ1) is 15.5. The number of carboxylic acid groups (broad SMARTS) is 1. The molecule has 0 saturated carbocycles. The zero-order valence-electron chi connectivity index (χ0n) is 17.3. The third-order valence-corrected chi connectivity index (χ3v) is 4.66. The van der Waals surface area contributed by atoms with Gasteiger partial charge in [-0.3, -0.25) is 9.59 Å². The Balaban J connectivity index is 1.58. The number of alkyl carbamates (subject to hydrolysis) is 1. The predicted molar refractivity (Wildman–Crippen MR) is 112 cm³/mol. The van der Waals surface area contributed by atoms with Crippen molar-refractivity contribution < 1.29 is 24.2 Å². The lowest BCUT2D eigenvalue weighted by molar-refractivity contribution is -0.139. The molecule has 1 aromatic heterocycles. The Morgan fingerprint density at radius 2 is 1.62 bits per heavy atom. The molecule has 1 atom stereocenters. The Bertz CT molecular complexity index is 1040. The zero-order valence-corrected chi connectivity index (χ0v) is 17.3. The maximum Gasteiger partial charge on any atom is 0.408 e. The van der Waals surface area contributed by atoms with Crippen LogP contribution < -0.4 is 5.32 Å². The number of carboxylic acids is 1. The standard InChI is InChI=1S/C22H23N5O5/c28-19(14-27-20(24-25-26-27)12-11-16-7-3-1-4-8-16)18(13-21(29)30)23-22(31)32-15-17-9-5-2-6-10-17/h1-10,18H,11-15H2,(H,23,31)(H,29,30). The lowest BCUT2D eigenvalue weighted by Gasteiger charge is -2.16. The van der Waals surface area contributed by atoms with Crippen LogP contribution in [0, 0.1) is 0 Å². The van der Waals surface area contributed by atoms with Crippen LogP contribution in [0.4, 0.5) is 4.79 Å². The van der Waals surface area contributed by atoms with E-state index < -0.39 is 30.3 Å². The normalized spacial score (nSPS) is 11.5. The van der Waals surface area contributed by atoms with Gasteiger partial charge in [0.2, 0.25) is 0 Å². The van der Waals surface area contributed by atoms with Crippen molar-refractivity contribution in [3.8, 4) is 0 Å². The molecular formula is C22H23N5O5. The van der Waals surface area contributed by atoms with Gasteiger partial charge in [-0.1, -0.05) is 60.7 Å². The number of hydrogen-bond acceptors (Lipinski definition) is 7. The van der Waals surface area contributed by atoms with E-state index in [4.69, 9.17) is 9.84 Å². The van der Waals surface area contributed by atoms with Crippen molar-refractivity contribution in [3.63, 3.8) is 0 Å². The molecule has 1 unspecified atom stereocenters. The van der Waals surface area contributed by atoms with E-state index >= 15 is 0 Å². The number of Topliss-reactive ketones (excluding diaryl/α,β-unsaturated/α-hetero) is 1. The summed E-state index contributed by atoms with van der Waals surface area (Å²) < 4.78 is 6.41. The molecule has 0 saturated heterocycles. The summed E-state index contributed by atoms with van der Waals surface area (Å²) in [5.41, 5.74) is 1.86. The van der Waals surface area contributed by atoms with Crippen molar-refractivity contribution in [2.45, 2.75) is 38.5 Å². The average molecular weight is 437 g/mol. The number of ether oxygens (including phenoxy) is 1. The molecule has 32 heavy (non-hydrogen) atoms. The minimum Gasteiger partial charge on any atom is -0.481 e. The molecule has 166 valence electrons. The summed E-state index contributed by atoms with van der Waals surface area (Å²) in [5.74, 6) is -1.28. The maximum absolute atomic E-state index is 12.7. The summed E-state index contributed by atoms with van der Waals surface area (Å²) in [7, 11) is 0. The zero-order chi connectivity index (χ0) is 22.8. The van der Waals surface area contributed by atoms with Gasteiger partial charge in [-0.05, 0) is 28.0 Å². The Morgan fingerprint density at radius 3 is 2.28 bits per heavy atom. The van der Waals surface area contributed by atoms with Crippen molar-refractivity contribution in [2.75, 3.05) is 0 Å². The number of aliphatic carboxylic acids is 1. The van der Waals surface area contributed by atoms with Crippen LogP contribution in [0.3, 0.4) is 0 Å². The van der Waals surface area contributed by atoms with E-state index in [1.54, 1.807) is 24.3 Å². The van der Waals surface area contributed by atoms with Crippen LogP contribution in [0.2, 0.25) is 0 Å². The summed E-state index contributed by atoms with van der Waals surface area (Å²) in [6.07, 6.45) is -0.284. The highest BCUT2D eigenvalue weighted by molar-refractivity contribution is 5.90. The van der Waals surface area contributed by atoms with Gasteiger partial charge >= 0.3 is 12.1 Å². The molecule has 1 amide bonds. The van der Waals surface area contributed by atoms with Crippen LogP contribution in [0.25, 0.3) is 0 Å². The fourth-order valence-corrected chi connectivity index (χ4v) is 3.01. The Kier molecular flexibility index (Phi) is 8.02. The van der Waals surface area contributed by atoms with Crippen LogP contribution in [0.15, 0.2) is 60.7 Å². The SMILES string of the molecule is O=C(O)CC(NC(=O)OCc1ccccc1)C(=O)Cn1nnnc1CCc1ccccc1.